The van der Waals surface area contributed by atoms with E-state index in [1.54, 1.807) is 19.9 Å². The van der Waals surface area contributed by atoms with E-state index in [9.17, 15) is 17.6 Å². The topological polar surface area (TPSA) is 75.7 Å². The Morgan fingerprint density at radius 3 is 2.53 bits per heavy atom. The van der Waals surface area contributed by atoms with Crippen molar-refractivity contribution >= 4 is 37.4 Å². The summed E-state index contributed by atoms with van der Waals surface area (Å²) in [5.41, 5.74) is 0.216. The van der Waals surface area contributed by atoms with Gasteiger partial charge in [0.25, 0.3) is 5.91 Å². The zero-order valence-electron chi connectivity index (χ0n) is 16.9. The molecule has 0 atom stereocenters. The second-order valence-corrected chi connectivity index (χ2v) is 9.61. The zero-order chi connectivity index (χ0) is 21.9. The first kappa shape index (κ1) is 22.2. The van der Waals surface area contributed by atoms with Gasteiger partial charge >= 0.3 is 0 Å². The number of sulfonamides is 1. The number of benzene rings is 2. The minimum atomic E-state index is -3.79. The Bertz CT molecular complexity index is 1170. The Labute approximate surface area is 179 Å². The predicted molar refractivity (Wildman–Crippen MR) is 116 cm³/mol. The van der Waals surface area contributed by atoms with Crippen LogP contribution in [0.1, 0.15) is 29.1 Å². The summed E-state index contributed by atoms with van der Waals surface area (Å²) in [5, 5.41) is 3.57. The Morgan fingerprint density at radius 1 is 1.13 bits per heavy atom. The number of carbonyl (C=O) groups is 1. The summed E-state index contributed by atoms with van der Waals surface area (Å²) in [6.45, 7) is 4.38. The van der Waals surface area contributed by atoms with Gasteiger partial charge in [-0.05, 0) is 47.9 Å². The molecule has 0 spiro atoms. The van der Waals surface area contributed by atoms with Crippen LogP contribution in [-0.2, 0) is 16.6 Å². The molecule has 1 N–H and O–H groups in total. The fourth-order valence-corrected chi connectivity index (χ4v) is 5.77. The lowest BCUT2D eigenvalue weighted by Gasteiger charge is -2.20. The molecule has 160 valence electrons. The highest BCUT2D eigenvalue weighted by Crippen LogP contribution is 2.29. The average molecular weight is 451 g/mol. The average Bonchev–Trinajstić information content (AvgIpc) is 3.14. The number of hydrogen-bond donors (Lipinski definition) is 1. The van der Waals surface area contributed by atoms with E-state index in [2.05, 4.69) is 5.32 Å². The van der Waals surface area contributed by atoms with E-state index in [1.807, 2.05) is 6.07 Å². The van der Waals surface area contributed by atoms with E-state index >= 15 is 0 Å². The van der Waals surface area contributed by atoms with Gasteiger partial charge in [-0.25, -0.2) is 12.8 Å². The summed E-state index contributed by atoms with van der Waals surface area (Å²) in [6.07, 6.45) is 0. The van der Waals surface area contributed by atoms with Crippen LogP contribution in [0, 0.1) is 5.82 Å². The first-order valence-corrected chi connectivity index (χ1v) is 11.7. The summed E-state index contributed by atoms with van der Waals surface area (Å²) < 4.78 is 46.7. The van der Waals surface area contributed by atoms with Crippen molar-refractivity contribution in [1.29, 1.82) is 0 Å². The number of methoxy groups -OCH3 is 1. The number of halogens is 1. The molecule has 0 fully saturated rings. The third-order valence-corrected chi connectivity index (χ3v) is 7.89. The molecule has 0 unspecified atom stereocenters. The van der Waals surface area contributed by atoms with Crippen LogP contribution in [0.4, 0.5) is 4.39 Å². The van der Waals surface area contributed by atoms with Gasteiger partial charge < -0.3 is 10.1 Å². The lowest BCUT2D eigenvalue weighted by atomic mass is 10.2. The smallest absolute Gasteiger partial charge is 0.251 e. The molecular weight excluding hydrogens is 427 g/mol. The normalized spacial score (nSPS) is 11.8. The largest absolute Gasteiger partial charge is 0.495 e. The van der Waals surface area contributed by atoms with Crippen LogP contribution in [-0.4, -0.2) is 38.8 Å². The monoisotopic (exact) mass is 450 g/mol. The van der Waals surface area contributed by atoms with Gasteiger partial charge in [0.2, 0.25) is 10.0 Å². The third-order valence-electron chi connectivity index (χ3n) is 4.70. The van der Waals surface area contributed by atoms with Gasteiger partial charge in [-0.3, -0.25) is 4.79 Å². The van der Waals surface area contributed by atoms with E-state index in [0.717, 1.165) is 15.0 Å². The fourth-order valence-electron chi connectivity index (χ4n) is 3.15. The number of rotatable bonds is 8. The summed E-state index contributed by atoms with van der Waals surface area (Å²) in [7, 11) is -2.40. The number of amides is 1. The van der Waals surface area contributed by atoms with Crippen LogP contribution in [0.3, 0.4) is 0 Å². The molecule has 0 saturated heterocycles. The molecule has 1 heterocycles. The highest BCUT2D eigenvalue weighted by Gasteiger charge is 2.26. The third kappa shape index (κ3) is 4.48. The standard InChI is InChI=1S/C21H23FN2O4S2/c1-4-24(5-2)30(26,27)20-12-14(6-8-18(20)28-3)21(25)23-13-17-11-15-10-16(22)7-9-19(15)29-17/h6-12H,4-5,13H2,1-3H3,(H,23,25). The van der Waals surface area contributed by atoms with Gasteiger partial charge in [0.1, 0.15) is 16.5 Å². The van der Waals surface area contributed by atoms with Crippen molar-refractivity contribution in [3.63, 3.8) is 0 Å². The first-order valence-electron chi connectivity index (χ1n) is 9.44. The second kappa shape index (κ2) is 9.11. The number of hydrogen-bond acceptors (Lipinski definition) is 5. The van der Waals surface area contributed by atoms with E-state index in [-0.39, 0.29) is 28.6 Å². The highest BCUT2D eigenvalue weighted by molar-refractivity contribution is 7.89. The van der Waals surface area contributed by atoms with E-state index < -0.39 is 15.9 Å². The highest BCUT2D eigenvalue weighted by atomic mass is 32.2. The molecule has 3 aromatic rings. The van der Waals surface area contributed by atoms with Gasteiger partial charge in [0.15, 0.2) is 0 Å². The summed E-state index contributed by atoms with van der Waals surface area (Å²) >= 11 is 1.46. The number of thiophene rings is 1. The number of carbonyl (C=O) groups excluding carboxylic acids is 1. The molecular formula is C21H23FN2O4S2. The van der Waals surface area contributed by atoms with Crippen LogP contribution >= 0.6 is 11.3 Å². The van der Waals surface area contributed by atoms with Crippen molar-refractivity contribution in [3.8, 4) is 5.75 Å². The van der Waals surface area contributed by atoms with Crippen LogP contribution in [0.2, 0.25) is 0 Å². The van der Waals surface area contributed by atoms with Gasteiger partial charge in [-0.1, -0.05) is 13.8 Å². The predicted octanol–water partition coefficient (Wildman–Crippen LogP) is 4.01. The maximum absolute atomic E-state index is 13.4. The molecule has 0 saturated carbocycles. The molecule has 0 aliphatic carbocycles. The molecule has 0 aliphatic rings. The number of ether oxygens (including phenoxy) is 1. The molecule has 6 nitrogen and oxygen atoms in total. The molecule has 0 radical (unpaired) electrons. The minimum Gasteiger partial charge on any atom is -0.495 e. The van der Waals surface area contributed by atoms with Crippen molar-refractivity contribution in [1.82, 2.24) is 9.62 Å². The van der Waals surface area contributed by atoms with Gasteiger partial charge in [0.05, 0.1) is 13.7 Å². The molecule has 30 heavy (non-hydrogen) atoms. The van der Waals surface area contributed by atoms with Crippen molar-refractivity contribution in [2.75, 3.05) is 20.2 Å². The van der Waals surface area contributed by atoms with E-state index in [1.165, 1.54) is 53.1 Å². The van der Waals surface area contributed by atoms with Gasteiger partial charge in [0, 0.05) is 28.2 Å². The van der Waals surface area contributed by atoms with Crippen LogP contribution in [0.5, 0.6) is 5.75 Å². The zero-order valence-corrected chi connectivity index (χ0v) is 18.6. The molecule has 1 aromatic heterocycles. The quantitative estimate of drug-likeness (QED) is 0.563. The number of fused-ring (bicyclic) bond motifs is 1. The molecule has 1 amide bonds. The number of nitrogens with one attached hydrogen (secondary N) is 1. The minimum absolute atomic E-state index is 0.0429. The SMILES string of the molecule is CCN(CC)S(=O)(=O)c1cc(C(=O)NCc2cc3cc(F)ccc3s2)ccc1OC. The molecule has 0 aliphatic heterocycles. The van der Waals surface area contributed by atoms with Crippen LogP contribution < -0.4 is 10.1 Å². The van der Waals surface area contributed by atoms with E-state index in [0.29, 0.717) is 13.1 Å². The Morgan fingerprint density at radius 2 is 1.87 bits per heavy atom. The van der Waals surface area contributed by atoms with Crippen molar-refractivity contribution in [2.24, 2.45) is 0 Å². The molecule has 0 bridgehead atoms. The Hall–Kier alpha value is -2.49. The summed E-state index contributed by atoms with van der Waals surface area (Å²) in [5.74, 6) is -0.529. The van der Waals surface area contributed by atoms with Crippen LogP contribution in [0.25, 0.3) is 10.1 Å². The summed E-state index contributed by atoms with van der Waals surface area (Å²) in [4.78, 5) is 13.5. The molecule has 3 rings (SSSR count). The van der Waals surface area contributed by atoms with Crippen molar-refractivity contribution in [3.05, 3.63) is 58.7 Å². The molecule has 9 heteroatoms. The number of nitrogens with zero attached hydrogens (tertiary/aromatic N) is 1. The van der Waals surface area contributed by atoms with Crippen molar-refractivity contribution in [2.45, 2.75) is 25.3 Å². The first-order chi connectivity index (χ1) is 14.3. The second-order valence-electron chi connectivity index (χ2n) is 6.53. The van der Waals surface area contributed by atoms with E-state index in [4.69, 9.17) is 4.74 Å². The Kier molecular flexibility index (Phi) is 6.74. The Balaban J connectivity index is 1.83. The fraction of sp³-hybridized carbons (Fsp3) is 0.286. The van der Waals surface area contributed by atoms with Crippen molar-refractivity contribution < 1.29 is 22.3 Å². The maximum Gasteiger partial charge on any atom is 0.251 e. The van der Waals surface area contributed by atoms with Gasteiger partial charge in [-0.2, -0.15) is 4.31 Å². The lowest BCUT2D eigenvalue weighted by Crippen LogP contribution is -2.31. The van der Waals surface area contributed by atoms with Crippen LogP contribution in [0.15, 0.2) is 47.4 Å². The lowest BCUT2D eigenvalue weighted by molar-refractivity contribution is 0.0951. The van der Waals surface area contributed by atoms with Gasteiger partial charge in [-0.15, -0.1) is 11.3 Å². The summed E-state index contributed by atoms with van der Waals surface area (Å²) in [6, 6.07) is 10.7. The maximum atomic E-state index is 13.4. The molecule has 2 aromatic carbocycles.